The first-order valence-electron chi connectivity index (χ1n) is 12.5. The van der Waals surface area contributed by atoms with Crippen LogP contribution in [0.3, 0.4) is 0 Å². The standard InChI is InChI=1S/C28H25FN4O4S/c1-17(34)30-14-12-21-23(15-30)38-27-25(21)26(36)33(20-10-8-19(29)9-11-20)28(37)32(27)16-24(35)31-13-4-6-18-5-2-3-7-22(18)31/h2-3,5,7-11H,4,6,12-16H2,1H3. The number of thiophene rings is 1. The van der Waals surface area contributed by atoms with Crippen molar-refractivity contribution in [2.24, 2.45) is 0 Å². The van der Waals surface area contributed by atoms with Crippen LogP contribution in [0.1, 0.15) is 29.3 Å². The Morgan fingerprint density at radius 3 is 2.53 bits per heavy atom. The van der Waals surface area contributed by atoms with Crippen molar-refractivity contribution in [3.63, 3.8) is 0 Å². The Kier molecular flexibility index (Phi) is 5.98. The molecule has 0 unspecified atom stereocenters. The molecule has 6 rings (SSSR count). The van der Waals surface area contributed by atoms with Gasteiger partial charge in [-0.3, -0.25) is 19.0 Å². The Balaban J connectivity index is 1.53. The van der Waals surface area contributed by atoms with E-state index in [-0.39, 0.29) is 24.0 Å². The number of aromatic nitrogens is 2. The van der Waals surface area contributed by atoms with Gasteiger partial charge in [0.25, 0.3) is 5.56 Å². The van der Waals surface area contributed by atoms with Gasteiger partial charge in [0.05, 0.1) is 17.6 Å². The van der Waals surface area contributed by atoms with Crippen molar-refractivity contribution in [2.45, 2.75) is 39.3 Å². The molecule has 2 aromatic carbocycles. The van der Waals surface area contributed by atoms with Gasteiger partial charge in [-0.05, 0) is 60.7 Å². The number of nitrogens with zero attached hydrogens (tertiary/aromatic N) is 4. The van der Waals surface area contributed by atoms with Crippen LogP contribution in [0.5, 0.6) is 0 Å². The lowest BCUT2D eigenvalue weighted by Gasteiger charge is -2.29. The quantitative estimate of drug-likeness (QED) is 0.406. The third-order valence-electron chi connectivity index (χ3n) is 7.36. The highest BCUT2D eigenvalue weighted by molar-refractivity contribution is 7.18. The molecule has 0 saturated heterocycles. The highest BCUT2D eigenvalue weighted by atomic mass is 32.1. The van der Waals surface area contributed by atoms with Crippen molar-refractivity contribution in [2.75, 3.05) is 18.0 Å². The van der Waals surface area contributed by atoms with E-state index in [1.165, 1.54) is 47.1 Å². The number of amides is 2. The summed E-state index contributed by atoms with van der Waals surface area (Å²) in [6.45, 7) is 2.61. The van der Waals surface area contributed by atoms with E-state index in [9.17, 15) is 23.6 Å². The summed E-state index contributed by atoms with van der Waals surface area (Å²) in [5.41, 5.74) is 1.79. The lowest BCUT2D eigenvalue weighted by molar-refractivity contribution is -0.129. The van der Waals surface area contributed by atoms with Gasteiger partial charge in [-0.15, -0.1) is 11.3 Å². The van der Waals surface area contributed by atoms with Gasteiger partial charge >= 0.3 is 5.69 Å². The molecule has 38 heavy (non-hydrogen) atoms. The van der Waals surface area contributed by atoms with E-state index < -0.39 is 17.1 Å². The lowest BCUT2D eigenvalue weighted by Crippen LogP contribution is -2.44. The molecule has 0 N–H and O–H groups in total. The van der Waals surface area contributed by atoms with Crippen LogP contribution in [0.4, 0.5) is 10.1 Å². The van der Waals surface area contributed by atoms with E-state index >= 15 is 0 Å². The molecule has 8 nitrogen and oxygen atoms in total. The summed E-state index contributed by atoms with van der Waals surface area (Å²) in [6, 6.07) is 12.9. The second kappa shape index (κ2) is 9.36. The van der Waals surface area contributed by atoms with Gasteiger partial charge in [-0.2, -0.15) is 0 Å². The third-order valence-corrected chi connectivity index (χ3v) is 8.60. The highest BCUT2D eigenvalue weighted by Gasteiger charge is 2.29. The number of benzene rings is 2. The first-order valence-corrected chi connectivity index (χ1v) is 13.3. The zero-order chi connectivity index (χ0) is 26.6. The average Bonchev–Trinajstić information content (AvgIpc) is 3.30. The number of para-hydroxylation sites is 1. The minimum atomic E-state index is -0.658. The summed E-state index contributed by atoms with van der Waals surface area (Å²) in [5.74, 6) is -0.797. The van der Waals surface area contributed by atoms with E-state index in [2.05, 4.69) is 0 Å². The Labute approximate surface area is 221 Å². The van der Waals surface area contributed by atoms with E-state index in [0.29, 0.717) is 36.3 Å². The molecule has 0 spiro atoms. The number of anilines is 1. The number of halogens is 1. The van der Waals surface area contributed by atoms with Crippen LogP contribution in [0.2, 0.25) is 0 Å². The first-order chi connectivity index (χ1) is 18.3. The van der Waals surface area contributed by atoms with Gasteiger partial charge in [0, 0.05) is 30.6 Å². The second-order valence-corrected chi connectivity index (χ2v) is 10.7. The second-order valence-electron chi connectivity index (χ2n) is 9.64. The maximum absolute atomic E-state index is 13.8. The molecular formula is C28H25FN4O4S. The summed E-state index contributed by atoms with van der Waals surface area (Å²) in [7, 11) is 0. The molecule has 10 heteroatoms. The van der Waals surface area contributed by atoms with Gasteiger partial charge in [0.1, 0.15) is 17.2 Å². The maximum Gasteiger partial charge on any atom is 0.337 e. The number of hydrogen-bond acceptors (Lipinski definition) is 5. The predicted molar refractivity (Wildman–Crippen MR) is 144 cm³/mol. The average molecular weight is 533 g/mol. The summed E-state index contributed by atoms with van der Waals surface area (Å²) < 4.78 is 16.0. The van der Waals surface area contributed by atoms with Crippen LogP contribution in [-0.4, -0.2) is 38.9 Å². The number of carbonyl (C=O) groups is 2. The van der Waals surface area contributed by atoms with E-state index in [1.54, 1.807) is 9.80 Å². The van der Waals surface area contributed by atoms with Crippen LogP contribution in [0, 0.1) is 5.82 Å². The van der Waals surface area contributed by atoms with Crippen molar-refractivity contribution in [3.8, 4) is 5.69 Å². The SMILES string of the molecule is CC(=O)N1CCc2c(sc3c2c(=O)n(-c2ccc(F)cc2)c(=O)n3CC(=O)N2CCCc3ccccc32)C1. The largest absolute Gasteiger partial charge is 0.337 e. The molecule has 2 aromatic heterocycles. The van der Waals surface area contributed by atoms with Crippen molar-refractivity contribution in [3.05, 3.63) is 91.2 Å². The Morgan fingerprint density at radius 2 is 1.76 bits per heavy atom. The fourth-order valence-electron chi connectivity index (χ4n) is 5.45. The van der Waals surface area contributed by atoms with E-state index in [4.69, 9.17) is 0 Å². The normalized spacial score (nSPS) is 14.9. The number of hydrogen-bond donors (Lipinski definition) is 0. The smallest absolute Gasteiger partial charge is 0.337 e. The number of aryl methyl sites for hydroxylation is 1. The van der Waals surface area contributed by atoms with Crippen molar-refractivity contribution < 1.29 is 14.0 Å². The molecule has 2 aliphatic rings. The van der Waals surface area contributed by atoms with Crippen LogP contribution >= 0.6 is 11.3 Å². The van der Waals surface area contributed by atoms with Crippen LogP contribution in [0.25, 0.3) is 15.9 Å². The maximum atomic E-state index is 13.8. The topological polar surface area (TPSA) is 84.6 Å². The molecule has 2 aliphatic heterocycles. The lowest BCUT2D eigenvalue weighted by atomic mass is 10.0. The molecule has 194 valence electrons. The molecule has 0 fully saturated rings. The first kappa shape index (κ1) is 24.3. The third kappa shape index (κ3) is 3.96. The summed E-state index contributed by atoms with van der Waals surface area (Å²) >= 11 is 1.28. The van der Waals surface area contributed by atoms with Crippen LogP contribution in [-0.2, 0) is 35.5 Å². The number of rotatable bonds is 3. The molecule has 4 aromatic rings. The van der Waals surface area contributed by atoms with Crippen molar-refractivity contribution in [1.82, 2.24) is 14.0 Å². The predicted octanol–water partition coefficient (Wildman–Crippen LogP) is 3.24. The number of fused-ring (bicyclic) bond motifs is 4. The van der Waals surface area contributed by atoms with Gasteiger partial charge in [0.15, 0.2) is 0 Å². The fraction of sp³-hybridized carbons (Fsp3) is 0.286. The Morgan fingerprint density at radius 1 is 1.00 bits per heavy atom. The molecule has 0 atom stereocenters. The van der Waals surface area contributed by atoms with Crippen LogP contribution < -0.4 is 16.1 Å². The van der Waals surface area contributed by atoms with E-state index in [1.807, 2.05) is 24.3 Å². The zero-order valence-corrected chi connectivity index (χ0v) is 21.6. The molecule has 0 saturated carbocycles. The summed E-state index contributed by atoms with van der Waals surface area (Å²) in [6.07, 6.45) is 2.17. The summed E-state index contributed by atoms with van der Waals surface area (Å²) in [4.78, 5) is 58.0. The minimum absolute atomic E-state index is 0.0619. The van der Waals surface area contributed by atoms with E-state index in [0.717, 1.165) is 39.1 Å². The van der Waals surface area contributed by atoms with Crippen LogP contribution in [0.15, 0.2) is 58.1 Å². The molecule has 2 amide bonds. The zero-order valence-electron chi connectivity index (χ0n) is 20.8. The monoisotopic (exact) mass is 532 g/mol. The molecule has 0 radical (unpaired) electrons. The minimum Gasteiger partial charge on any atom is -0.337 e. The molecule has 0 bridgehead atoms. The highest BCUT2D eigenvalue weighted by Crippen LogP contribution is 2.34. The molecular weight excluding hydrogens is 507 g/mol. The summed E-state index contributed by atoms with van der Waals surface area (Å²) in [5, 5.41) is 0.379. The van der Waals surface area contributed by atoms with Crippen molar-refractivity contribution >= 4 is 39.1 Å². The van der Waals surface area contributed by atoms with Gasteiger partial charge in [-0.1, -0.05) is 18.2 Å². The molecule has 4 heterocycles. The van der Waals surface area contributed by atoms with Gasteiger partial charge < -0.3 is 9.80 Å². The Hall–Kier alpha value is -4.05. The number of carbonyl (C=O) groups excluding carboxylic acids is 2. The fourth-order valence-corrected chi connectivity index (χ4v) is 6.79. The van der Waals surface area contributed by atoms with Crippen molar-refractivity contribution in [1.29, 1.82) is 0 Å². The van der Waals surface area contributed by atoms with Gasteiger partial charge in [-0.25, -0.2) is 13.8 Å². The van der Waals surface area contributed by atoms with Gasteiger partial charge in [0.2, 0.25) is 11.8 Å². The molecule has 0 aliphatic carbocycles. The Bertz CT molecular complexity index is 1720.